The molecule has 0 bridgehead atoms. The highest BCUT2D eigenvalue weighted by Crippen LogP contribution is 2.28. The van der Waals surface area contributed by atoms with Crippen molar-refractivity contribution in [2.24, 2.45) is 0 Å². The molecule has 1 heterocycles. The van der Waals surface area contributed by atoms with Gasteiger partial charge in [-0.3, -0.25) is 4.79 Å². The molecule has 0 unspecified atom stereocenters. The zero-order chi connectivity index (χ0) is 13.6. The quantitative estimate of drug-likeness (QED) is 0.726. The van der Waals surface area contributed by atoms with Crippen LogP contribution in [-0.4, -0.2) is 4.98 Å². The van der Waals surface area contributed by atoms with E-state index in [1.54, 1.807) is 0 Å². The van der Waals surface area contributed by atoms with Crippen molar-refractivity contribution in [1.82, 2.24) is 4.98 Å². The Labute approximate surface area is 121 Å². The first-order valence-corrected chi connectivity index (χ1v) is 7.72. The van der Waals surface area contributed by atoms with E-state index in [1.807, 2.05) is 6.92 Å². The summed E-state index contributed by atoms with van der Waals surface area (Å²) in [7, 11) is 0. The lowest BCUT2D eigenvalue weighted by Gasteiger charge is -2.12. The molecule has 19 heavy (non-hydrogen) atoms. The number of fused-ring (bicyclic) bond motifs is 2. The number of rotatable bonds is 0. The molecule has 1 aliphatic rings. The third-order valence-corrected chi connectivity index (χ3v) is 5.41. The lowest BCUT2D eigenvalue weighted by atomic mass is 10.00. The van der Waals surface area contributed by atoms with Gasteiger partial charge in [0.25, 0.3) is 0 Å². The summed E-state index contributed by atoms with van der Waals surface area (Å²) in [6, 6.07) is 2.08. The van der Waals surface area contributed by atoms with Crippen molar-refractivity contribution < 1.29 is 0 Å². The molecule has 100 valence electrons. The molecule has 1 aliphatic carbocycles. The van der Waals surface area contributed by atoms with Crippen LogP contribution in [0, 0.1) is 13.8 Å². The maximum atomic E-state index is 12.8. The fourth-order valence-corrected chi connectivity index (χ4v) is 3.45. The molecular weight excluding hydrogens is 302 g/mol. The Bertz CT molecular complexity index is 715. The van der Waals surface area contributed by atoms with Crippen LogP contribution in [0.25, 0.3) is 10.9 Å². The van der Waals surface area contributed by atoms with Gasteiger partial charge in [-0.05, 0) is 56.7 Å². The summed E-state index contributed by atoms with van der Waals surface area (Å²) in [5, 5.41) is 0.859. The summed E-state index contributed by atoms with van der Waals surface area (Å²) in [5.74, 6) is 0. The number of pyridine rings is 1. The molecule has 0 saturated carbocycles. The first-order chi connectivity index (χ1) is 9.09. The number of nitrogens with one attached hydrogen (secondary N) is 1. The van der Waals surface area contributed by atoms with Crippen LogP contribution in [0.4, 0.5) is 0 Å². The predicted octanol–water partition coefficient (Wildman–Crippen LogP) is 4.18. The first kappa shape index (κ1) is 12.9. The Morgan fingerprint density at radius 3 is 2.68 bits per heavy atom. The van der Waals surface area contributed by atoms with Crippen molar-refractivity contribution in [2.45, 2.75) is 46.0 Å². The zero-order valence-corrected chi connectivity index (χ0v) is 13.0. The van der Waals surface area contributed by atoms with E-state index in [0.717, 1.165) is 51.5 Å². The molecule has 0 amide bonds. The highest BCUT2D eigenvalue weighted by atomic mass is 79.9. The SMILES string of the molecule is Cc1cc2[nH]c3c(c(=O)c2c(C)c1Br)CCCCC3. The van der Waals surface area contributed by atoms with Crippen molar-refractivity contribution in [3.63, 3.8) is 0 Å². The van der Waals surface area contributed by atoms with Gasteiger partial charge in [0.1, 0.15) is 0 Å². The van der Waals surface area contributed by atoms with Crippen LogP contribution < -0.4 is 5.43 Å². The van der Waals surface area contributed by atoms with Crippen molar-refractivity contribution >= 4 is 26.8 Å². The molecule has 0 fully saturated rings. The lowest BCUT2D eigenvalue weighted by molar-refractivity contribution is 0.708. The van der Waals surface area contributed by atoms with Crippen LogP contribution in [-0.2, 0) is 12.8 Å². The summed E-state index contributed by atoms with van der Waals surface area (Å²) >= 11 is 3.59. The van der Waals surface area contributed by atoms with E-state index in [9.17, 15) is 4.79 Å². The largest absolute Gasteiger partial charge is 0.358 e. The number of benzene rings is 1. The molecule has 2 aromatic rings. The minimum Gasteiger partial charge on any atom is -0.358 e. The van der Waals surface area contributed by atoms with Crippen LogP contribution in [0.5, 0.6) is 0 Å². The van der Waals surface area contributed by atoms with Gasteiger partial charge in [0.2, 0.25) is 0 Å². The van der Waals surface area contributed by atoms with Gasteiger partial charge in [-0.2, -0.15) is 0 Å². The van der Waals surface area contributed by atoms with Crippen LogP contribution in [0.3, 0.4) is 0 Å². The van der Waals surface area contributed by atoms with E-state index in [0.29, 0.717) is 0 Å². The first-order valence-electron chi connectivity index (χ1n) is 6.93. The van der Waals surface area contributed by atoms with Crippen LogP contribution in [0.2, 0.25) is 0 Å². The molecule has 1 N–H and O–H groups in total. The molecule has 0 radical (unpaired) electrons. The highest BCUT2D eigenvalue weighted by Gasteiger charge is 2.17. The Balaban J connectivity index is 2.41. The number of aromatic nitrogens is 1. The second-order valence-corrected chi connectivity index (χ2v) is 6.32. The average Bonchev–Trinajstić information content (AvgIpc) is 2.61. The molecule has 3 rings (SSSR count). The molecule has 0 saturated heterocycles. The van der Waals surface area contributed by atoms with E-state index in [4.69, 9.17) is 0 Å². The number of aryl methyl sites for hydroxylation is 3. The monoisotopic (exact) mass is 319 g/mol. The van der Waals surface area contributed by atoms with Gasteiger partial charge in [0.15, 0.2) is 5.43 Å². The topological polar surface area (TPSA) is 32.9 Å². The maximum Gasteiger partial charge on any atom is 0.193 e. The van der Waals surface area contributed by atoms with Gasteiger partial charge in [-0.15, -0.1) is 0 Å². The van der Waals surface area contributed by atoms with Gasteiger partial charge >= 0.3 is 0 Å². The highest BCUT2D eigenvalue weighted by molar-refractivity contribution is 9.10. The van der Waals surface area contributed by atoms with Crippen molar-refractivity contribution in [3.8, 4) is 0 Å². The lowest BCUT2D eigenvalue weighted by Crippen LogP contribution is -2.15. The Hall–Kier alpha value is -1.09. The molecule has 0 spiro atoms. The van der Waals surface area contributed by atoms with Crippen molar-refractivity contribution in [2.75, 3.05) is 0 Å². The average molecular weight is 320 g/mol. The number of halogens is 1. The smallest absolute Gasteiger partial charge is 0.193 e. The second kappa shape index (κ2) is 4.78. The van der Waals surface area contributed by atoms with E-state index >= 15 is 0 Å². The number of H-pyrrole nitrogens is 1. The summed E-state index contributed by atoms with van der Waals surface area (Å²) in [6.07, 6.45) is 5.47. The molecule has 1 aromatic heterocycles. The van der Waals surface area contributed by atoms with Crippen molar-refractivity contribution in [1.29, 1.82) is 0 Å². The van der Waals surface area contributed by atoms with Gasteiger partial charge in [0, 0.05) is 21.1 Å². The van der Waals surface area contributed by atoms with Gasteiger partial charge in [-0.25, -0.2) is 0 Å². The Morgan fingerprint density at radius 1 is 1.16 bits per heavy atom. The van der Waals surface area contributed by atoms with E-state index in [2.05, 4.69) is 33.9 Å². The zero-order valence-electron chi connectivity index (χ0n) is 11.4. The van der Waals surface area contributed by atoms with Crippen molar-refractivity contribution in [3.05, 3.63) is 43.1 Å². The molecule has 3 heteroatoms. The molecular formula is C16H18BrNO. The van der Waals surface area contributed by atoms with Crippen LogP contribution in [0.15, 0.2) is 15.3 Å². The second-order valence-electron chi connectivity index (χ2n) is 5.53. The molecule has 2 nitrogen and oxygen atoms in total. The summed E-state index contributed by atoms with van der Waals surface area (Å²) in [4.78, 5) is 16.3. The maximum absolute atomic E-state index is 12.8. The molecule has 0 atom stereocenters. The summed E-state index contributed by atoms with van der Waals surface area (Å²) < 4.78 is 1.05. The summed E-state index contributed by atoms with van der Waals surface area (Å²) in [6.45, 7) is 4.10. The number of hydrogen-bond donors (Lipinski definition) is 1. The Morgan fingerprint density at radius 2 is 1.89 bits per heavy atom. The number of aromatic amines is 1. The fraction of sp³-hybridized carbons (Fsp3) is 0.438. The molecule has 0 aliphatic heterocycles. The van der Waals surface area contributed by atoms with Crippen LogP contribution in [0.1, 0.15) is 41.6 Å². The van der Waals surface area contributed by atoms with Gasteiger partial charge < -0.3 is 4.98 Å². The van der Waals surface area contributed by atoms with E-state index in [-0.39, 0.29) is 5.43 Å². The van der Waals surface area contributed by atoms with E-state index < -0.39 is 0 Å². The number of hydrogen-bond acceptors (Lipinski definition) is 1. The fourth-order valence-electron chi connectivity index (χ4n) is 3.13. The normalized spacial score (nSPS) is 15.3. The van der Waals surface area contributed by atoms with Gasteiger partial charge in [-0.1, -0.05) is 22.4 Å². The van der Waals surface area contributed by atoms with Gasteiger partial charge in [0.05, 0.1) is 5.52 Å². The third kappa shape index (κ3) is 2.04. The van der Waals surface area contributed by atoms with Crippen LogP contribution >= 0.6 is 15.9 Å². The Kier molecular flexibility index (Phi) is 3.25. The predicted molar refractivity (Wildman–Crippen MR) is 83.0 cm³/mol. The minimum absolute atomic E-state index is 0.240. The molecule has 1 aromatic carbocycles. The third-order valence-electron chi connectivity index (χ3n) is 4.19. The summed E-state index contributed by atoms with van der Waals surface area (Å²) in [5.41, 5.74) is 5.64. The minimum atomic E-state index is 0.240. The standard InChI is InChI=1S/C16H18BrNO/c1-9-8-13-14(10(2)15(9)17)16(19)11-6-4-3-5-7-12(11)18-13/h8H,3-7H2,1-2H3,(H,18,19). The van der Waals surface area contributed by atoms with E-state index in [1.165, 1.54) is 18.4 Å².